The molecule has 126 valence electrons. The molecule has 0 bridgehead atoms. The molecule has 1 fully saturated rings. The van der Waals surface area contributed by atoms with E-state index < -0.39 is 0 Å². The molecule has 0 unspecified atom stereocenters. The third-order valence-electron chi connectivity index (χ3n) is 3.74. The maximum atomic E-state index is 5.85. The Morgan fingerprint density at radius 2 is 1.75 bits per heavy atom. The monoisotopic (exact) mass is 362 g/mol. The average Bonchev–Trinajstić information content (AvgIpc) is 2.63. The number of piperidine rings is 1. The number of aromatic nitrogens is 2. The van der Waals surface area contributed by atoms with Crippen molar-refractivity contribution in [1.82, 2.24) is 15.6 Å². The van der Waals surface area contributed by atoms with E-state index in [-0.39, 0.29) is 0 Å². The summed E-state index contributed by atoms with van der Waals surface area (Å²) in [7, 11) is 0. The maximum absolute atomic E-state index is 5.85. The number of rotatable bonds is 4. The summed E-state index contributed by atoms with van der Waals surface area (Å²) < 4.78 is 0. The molecular weight excluding hydrogens is 344 g/mol. The molecule has 0 spiro atoms. The van der Waals surface area contributed by atoms with E-state index in [0.717, 1.165) is 24.6 Å². The summed E-state index contributed by atoms with van der Waals surface area (Å²) in [6, 6.07) is 11.1. The summed E-state index contributed by atoms with van der Waals surface area (Å²) in [5.74, 6) is 1.53. The van der Waals surface area contributed by atoms with Gasteiger partial charge in [0.25, 0.3) is 0 Å². The highest BCUT2D eigenvalue weighted by Crippen LogP contribution is 2.17. The number of hydrogen-bond donors (Lipinski definition) is 3. The predicted octanol–water partition coefficient (Wildman–Crippen LogP) is 3.43. The molecule has 0 atom stereocenters. The van der Waals surface area contributed by atoms with Crippen molar-refractivity contribution in [2.45, 2.75) is 19.3 Å². The van der Waals surface area contributed by atoms with Crippen LogP contribution in [0.1, 0.15) is 19.3 Å². The molecule has 1 aliphatic heterocycles. The second-order valence-electron chi connectivity index (χ2n) is 5.54. The predicted molar refractivity (Wildman–Crippen MR) is 103 cm³/mol. The standard InChI is InChI=1S/C16H19ClN6S/c17-12-4-6-13(7-5-12)18-16(24)22-20-14-8-9-15(21-19-14)23-10-2-1-3-11-23/h4-9H,1-3,10-11H2,(H,19,20)(H2,18,22,24). The summed E-state index contributed by atoms with van der Waals surface area (Å²) in [6.45, 7) is 2.10. The first-order valence-corrected chi connectivity index (χ1v) is 8.66. The van der Waals surface area contributed by atoms with Gasteiger partial charge in [-0.3, -0.25) is 10.9 Å². The van der Waals surface area contributed by atoms with Gasteiger partial charge in [-0.05, 0) is 67.9 Å². The van der Waals surface area contributed by atoms with Crippen LogP contribution < -0.4 is 21.1 Å². The molecule has 3 N–H and O–H groups in total. The smallest absolute Gasteiger partial charge is 0.189 e. The lowest BCUT2D eigenvalue weighted by Gasteiger charge is -2.27. The largest absolute Gasteiger partial charge is 0.355 e. The van der Waals surface area contributed by atoms with Crippen LogP contribution in [0.4, 0.5) is 17.3 Å². The second-order valence-corrected chi connectivity index (χ2v) is 6.38. The third-order valence-corrected chi connectivity index (χ3v) is 4.19. The number of anilines is 3. The minimum Gasteiger partial charge on any atom is -0.355 e. The zero-order valence-electron chi connectivity index (χ0n) is 13.1. The lowest BCUT2D eigenvalue weighted by atomic mass is 10.1. The van der Waals surface area contributed by atoms with Crippen LogP contribution in [0, 0.1) is 0 Å². The van der Waals surface area contributed by atoms with Crippen LogP contribution in [0.5, 0.6) is 0 Å². The fourth-order valence-corrected chi connectivity index (χ4v) is 2.79. The molecule has 6 nitrogen and oxygen atoms in total. The van der Waals surface area contributed by atoms with E-state index in [1.54, 1.807) is 12.1 Å². The molecule has 1 aromatic heterocycles. The summed E-state index contributed by atoms with van der Waals surface area (Å²) >= 11 is 11.1. The topological polar surface area (TPSA) is 65.1 Å². The lowest BCUT2D eigenvalue weighted by Crippen LogP contribution is -2.34. The molecule has 2 heterocycles. The average molecular weight is 363 g/mol. The molecule has 8 heteroatoms. The van der Waals surface area contributed by atoms with Crippen LogP contribution in [0.2, 0.25) is 5.02 Å². The van der Waals surface area contributed by atoms with Crippen molar-refractivity contribution < 1.29 is 0 Å². The van der Waals surface area contributed by atoms with Crippen molar-refractivity contribution in [3.63, 3.8) is 0 Å². The van der Waals surface area contributed by atoms with Crippen LogP contribution in [0.15, 0.2) is 36.4 Å². The van der Waals surface area contributed by atoms with Gasteiger partial charge in [0.2, 0.25) is 0 Å². The van der Waals surface area contributed by atoms with Crippen molar-refractivity contribution in [3.05, 3.63) is 41.4 Å². The molecular formula is C16H19ClN6S. The van der Waals surface area contributed by atoms with Gasteiger partial charge < -0.3 is 10.2 Å². The number of nitrogens with one attached hydrogen (secondary N) is 3. The van der Waals surface area contributed by atoms with Crippen LogP contribution in [-0.2, 0) is 0 Å². The Bertz CT molecular complexity index is 670. The molecule has 0 aliphatic carbocycles. The van der Waals surface area contributed by atoms with Gasteiger partial charge in [-0.15, -0.1) is 10.2 Å². The number of nitrogens with zero attached hydrogens (tertiary/aromatic N) is 3. The van der Waals surface area contributed by atoms with Crippen molar-refractivity contribution in [3.8, 4) is 0 Å². The van der Waals surface area contributed by atoms with Crippen LogP contribution in [0.25, 0.3) is 0 Å². The van der Waals surface area contributed by atoms with Gasteiger partial charge in [-0.1, -0.05) is 11.6 Å². The van der Waals surface area contributed by atoms with Gasteiger partial charge in [-0.2, -0.15) is 0 Å². The van der Waals surface area contributed by atoms with E-state index in [0.29, 0.717) is 16.0 Å². The van der Waals surface area contributed by atoms with Crippen molar-refractivity contribution >= 4 is 46.3 Å². The SMILES string of the molecule is S=C(NNc1ccc(N2CCCCC2)nn1)Nc1ccc(Cl)cc1. The zero-order valence-corrected chi connectivity index (χ0v) is 14.7. The Kier molecular flexibility index (Phi) is 5.66. The van der Waals surface area contributed by atoms with Gasteiger partial charge >= 0.3 is 0 Å². The number of benzene rings is 1. The fourth-order valence-electron chi connectivity index (χ4n) is 2.50. The first-order valence-electron chi connectivity index (χ1n) is 7.88. The number of halogens is 1. The Morgan fingerprint density at radius 1 is 1.00 bits per heavy atom. The quantitative estimate of drug-likeness (QED) is 0.568. The van der Waals surface area contributed by atoms with E-state index >= 15 is 0 Å². The third kappa shape index (κ3) is 4.69. The van der Waals surface area contributed by atoms with Gasteiger partial charge in [0.1, 0.15) is 0 Å². The number of hydrogen-bond acceptors (Lipinski definition) is 5. The van der Waals surface area contributed by atoms with Crippen molar-refractivity contribution in [2.75, 3.05) is 28.7 Å². The van der Waals surface area contributed by atoms with E-state index in [4.69, 9.17) is 23.8 Å². The van der Waals surface area contributed by atoms with E-state index in [1.165, 1.54) is 19.3 Å². The minimum atomic E-state index is 0.430. The Hall–Kier alpha value is -2.12. The molecule has 1 aliphatic rings. The molecule has 2 aromatic rings. The highest BCUT2D eigenvalue weighted by Gasteiger charge is 2.12. The van der Waals surface area contributed by atoms with E-state index in [9.17, 15) is 0 Å². The highest BCUT2D eigenvalue weighted by molar-refractivity contribution is 7.80. The number of thiocarbonyl (C=S) groups is 1. The molecule has 0 amide bonds. The Morgan fingerprint density at radius 3 is 2.42 bits per heavy atom. The van der Waals surface area contributed by atoms with Crippen LogP contribution in [0.3, 0.4) is 0 Å². The Labute approximate surface area is 151 Å². The second kappa shape index (κ2) is 8.12. The van der Waals surface area contributed by atoms with Gasteiger partial charge in [0, 0.05) is 23.8 Å². The fraction of sp³-hybridized carbons (Fsp3) is 0.312. The molecule has 3 rings (SSSR count). The summed E-state index contributed by atoms with van der Waals surface area (Å²) in [6.07, 6.45) is 3.73. The first kappa shape index (κ1) is 16.7. The van der Waals surface area contributed by atoms with Gasteiger partial charge in [0.05, 0.1) is 0 Å². The first-order chi connectivity index (χ1) is 11.7. The summed E-state index contributed by atoms with van der Waals surface area (Å²) in [4.78, 5) is 2.26. The molecule has 0 saturated carbocycles. The van der Waals surface area contributed by atoms with E-state index in [2.05, 4.69) is 31.3 Å². The minimum absolute atomic E-state index is 0.430. The van der Waals surface area contributed by atoms with Crippen LogP contribution >= 0.6 is 23.8 Å². The molecule has 1 saturated heterocycles. The van der Waals surface area contributed by atoms with Crippen molar-refractivity contribution in [2.24, 2.45) is 0 Å². The zero-order chi connectivity index (χ0) is 16.8. The molecule has 24 heavy (non-hydrogen) atoms. The lowest BCUT2D eigenvalue weighted by molar-refractivity contribution is 0.571. The van der Waals surface area contributed by atoms with Gasteiger partial charge in [-0.25, -0.2) is 0 Å². The summed E-state index contributed by atoms with van der Waals surface area (Å²) in [5.41, 5.74) is 6.67. The Balaban J connectivity index is 1.49. The van der Waals surface area contributed by atoms with Crippen molar-refractivity contribution in [1.29, 1.82) is 0 Å². The van der Waals surface area contributed by atoms with Gasteiger partial charge in [0.15, 0.2) is 16.7 Å². The van der Waals surface area contributed by atoms with Crippen LogP contribution in [-0.4, -0.2) is 28.4 Å². The molecule has 0 radical (unpaired) electrons. The highest BCUT2D eigenvalue weighted by atomic mass is 35.5. The summed E-state index contributed by atoms with van der Waals surface area (Å²) in [5, 5.41) is 12.6. The number of hydrazine groups is 1. The van der Waals surface area contributed by atoms with E-state index in [1.807, 2.05) is 24.3 Å². The molecule has 1 aromatic carbocycles. The normalized spacial score (nSPS) is 14.1. The maximum Gasteiger partial charge on any atom is 0.189 e.